The quantitative estimate of drug-likeness (QED) is 0.829. The lowest BCUT2D eigenvalue weighted by atomic mass is 9.98. The standard InChI is InChI=1S/C17H23N3O2S/c1-12(21)19-16-6-2-4-13-11-20(8-7-15(13)16)17(23)18-10-14-5-3-9-22-14/h2,4,6,14H,3,5,7-11H2,1H3,(H,18,23)(H,19,21). The summed E-state index contributed by atoms with van der Waals surface area (Å²) in [5, 5.41) is 7.04. The maximum Gasteiger partial charge on any atom is 0.221 e. The number of nitrogens with zero attached hydrogens (tertiary/aromatic N) is 1. The summed E-state index contributed by atoms with van der Waals surface area (Å²) in [6.07, 6.45) is 3.42. The van der Waals surface area contributed by atoms with E-state index in [1.807, 2.05) is 12.1 Å². The smallest absolute Gasteiger partial charge is 0.221 e. The number of carbonyl (C=O) groups is 1. The topological polar surface area (TPSA) is 53.6 Å². The third-order valence-corrected chi connectivity index (χ3v) is 4.77. The number of hydrogen-bond acceptors (Lipinski definition) is 3. The monoisotopic (exact) mass is 333 g/mol. The Kier molecular flexibility index (Phi) is 5.13. The van der Waals surface area contributed by atoms with Gasteiger partial charge in [-0.05, 0) is 48.7 Å². The zero-order valence-corrected chi connectivity index (χ0v) is 14.2. The third kappa shape index (κ3) is 4.00. The normalized spacial score (nSPS) is 20.0. The molecule has 2 aliphatic heterocycles. The number of ether oxygens (including phenoxy) is 1. The van der Waals surface area contributed by atoms with Crippen LogP contribution in [0.15, 0.2) is 18.2 Å². The van der Waals surface area contributed by atoms with Crippen LogP contribution in [-0.4, -0.2) is 41.7 Å². The van der Waals surface area contributed by atoms with Crippen LogP contribution in [-0.2, 0) is 22.5 Å². The summed E-state index contributed by atoms with van der Waals surface area (Å²) in [6.45, 7) is 4.83. The van der Waals surface area contributed by atoms with Crippen molar-refractivity contribution in [3.63, 3.8) is 0 Å². The predicted octanol–water partition coefficient (Wildman–Crippen LogP) is 2.06. The Morgan fingerprint density at radius 1 is 1.48 bits per heavy atom. The van der Waals surface area contributed by atoms with Gasteiger partial charge in [0.05, 0.1) is 6.10 Å². The summed E-state index contributed by atoms with van der Waals surface area (Å²) in [5.41, 5.74) is 3.37. The van der Waals surface area contributed by atoms with Gasteiger partial charge in [0.25, 0.3) is 0 Å². The summed E-state index contributed by atoms with van der Waals surface area (Å²) in [4.78, 5) is 13.5. The van der Waals surface area contributed by atoms with Crippen molar-refractivity contribution in [2.24, 2.45) is 0 Å². The minimum atomic E-state index is -0.0328. The van der Waals surface area contributed by atoms with Gasteiger partial charge in [0, 0.05) is 38.9 Å². The fourth-order valence-electron chi connectivity index (χ4n) is 3.21. The molecular formula is C17H23N3O2S. The van der Waals surface area contributed by atoms with Crippen molar-refractivity contribution >= 4 is 28.9 Å². The van der Waals surface area contributed by atoms with E-state index in [2.05, 4.69) is 21.6 Å². The lowest BCUT2D eigenvalue weighted by Gasteiger charge is -2.32. The van der Waals surface area contributed by atoms with E-state index in [0.29, 0.717) is 0 Å². The number of hydrogen-bond donors (Lipinski definition) is 2. The van der Waals surface area contributed by atoms with Crippen LogP contribution in [0.2, 0.25) is 0 Å². The van der Waals surface area contributed by atoms with Crippen molar-refractivity contribution < 1.29 is 9.53 Å². The van der Waals surface area contributed by atoms with Gasteiger partial charge in [-0.25, -0.2) is 0 Å². The Labute approximate surface area is 142 Å². The third-order valence-electron chi connectivity index (χ3n) is 4.37. The van der Waals surface area contributed by atoms with Gasteiger partial charge in [0.15, 0.2) is 5.11 Å². The predicted molar refractivity (Wildman–Crippen MR) is 94.4 cm³/mol. The van der Waals surface area contributed by atoms with Gasteiger partial charge >= 0.3 is 0 Å². The van der Waals surface area contributed by atoms with E-state index in [0.717, 1.165) is 56.3 Å². The number of amides is 1. The van der Waals surface area contributed by atoms with Crippen molar-refractivity contribution in [3.05, 3.63) is 29.3 Å². The molecule has 0 saturated carbocycles. The molecule has 1 fully saturated rings. The molecule has 1 aromatic carbocycles. The zero-order chi connectivity index (χ0) is 16.2. The molecule has 124 valence electrons. The van der Waals surface area contributed by atoms with Crippen LogP contribution in [0.3, 0.4) is 0 Å². The number of nitrogens with one attached hydrogen (secondary N) is 2. The van der Waals surface area contributed by atoms with Crippen molar-refractivity contribution in [1.29, 1.82) is 0 Å². The fraction of sp³-hybridized carbons (Fsp3) is 0.529. The van der Waals surface area contributed by atoms with E-state index < -0.39 is 0 Å². The second kappa shape index (κ2) is 7.27. The summed E-state index contributed by atoms with van der Waals surface area (Å²) in [7, 11) is 0. The highest BCUT2D eigenvalue weighted by molar-refractivity contribution is 7.80. The Bertz CT molecular complexity index is 600. The highest BCUT2D eigenvalue weighted by Gasteiger charge is 2.22. The number of fused-ring (bicyclic) bond motifs is 1. The lowest BCUT2D eigenvalue weighted by molar-refractivity contribution is -0.114. The van der Waals surface area contributed by atoms with Gasteiger partial charge in [0.1, 0.15) is 0 Å². The molecule has 1 saturated heterocycles. The molecule has 2 N–H and O–H groups in total. The minimum Gasteiger partial charge on any atom is -0.376 e. The van der Waals surface area contributed by atoms with E-state index in [4.69, 9.17) is 17.0 Å². The SMILES string of the molecule is CC(=O)Nc1cccc2c1CCN(C(=S)NCC1CCCO1)C2. The molecule has 5 nitrogen and oxygen atoms in total. The molecule has 2 aliphatic rings. The van der Waals surface area contributed by atoms with Crippen molar-refractivity contribution in [2.75, 3.05) is 25.0 Å². The van der Waals surface area contributed by atoms with Gasteiger partial charge in [-0.15, -0.1) is 0 Å². The molecule has 1 unspecified atom stereocenters. The Balaban J connectivity index is 1.61. The van der Waals surface area contributed by atoms with Gasteiger partial charge < -0.3 is 20.3 Å². The van der Waals surface area contributed by atoms with E-state index in [1.54, 1.807) is 6.92 Å². The largest absolute Gasteiger partial charge is 0.376 e. The second-order valence-corrected chi connectivity index (χ2v) is 6.50. The number of rotatable bonds is 3. The van der Waals surface area contributed by atoms with Gasteiger partial charge in [-0.3, -0.25) is 4.79 Å². The molecular weight excluding hydrogens is 310 g/mol. The van der Waals surface area contributed by atoms with Crippen LogP contribution in [0.25, 0.3) is 0 Å². The molecule has 23 heavy (non-hydrogen) atoms. The van der Waals surface area contributed by atoms with Crippen LogP contribution in [0.4, 0.5) is 5.69 Å². The molecule has 0 aromatic heterocycles. The molecule has 1 aromatic rings. The zero-order valence-electron chi connectivity index (χ0n) is 13.4. The summed E-state index contributed by atoms with van der Waals surface area (Å²) in [5.74, 6) is -0.0328. The van der Waals surface area contributed by atoms with Crippen LogP contribution in [0.5, 0.6) is 0 Å². The highest BCUT2D eigenvalue weighted by atomic mass is 32.1. The molecule has 1 atom stereocenters. The number of benzene rings is 1. The maximum atomic E-state index is 11.3. The first kappa shape index (κ1) is 16.2. The molecule has 0 bridgehead atoms. The number of anilines is 1. The van der Waals surface area contributed by atoms with Gasteiger partial charge in [0.2, 0.25) is 5.91 Å². The fourth-order valence-corrected chi connectivity index (χ4v) is 3.45. The van der Waals surface area contributed by atoms with Crippen LogP contribution in [0.1, 0.15) is 30.9 Å². The van der Waals surface area contributed by atoms with E-state index >= 15 is 0 Å². The van der Waals surface area contributed by atoms with E-state index in [9.17, 15) is 4.79 Å². The first-order chi connectivity index (χ1) is 11.1. The summed E-state index contributed by atoms with van der Waals surface area (Å²) < 4.78 is 5.62. The first-order valence-electron chi connectivity index (χ1n) is 8.16. The van der Waals surface area contributed by atoms with Crippen molar-refractivity contribution in [3.8, 4) is 0 Å². The minimum absolute atomic E-state index is 0.0328. The molecule has 6 heteroatoms. The van der Waals surface area contributed by atoms with Gasteiger partial charge in [-0.1, -0.05) is 12.1 Å². The first-order valence-corrected chi connectivity index (χ1v) is 8.57. The second-order valence-electron chi connectivity index (χ2n) is 6.12. The van der Waals surface area contributed by atoms with Crippen LogP contribution >= 0.6 is 12.2 Å². The number of carbonyl (C=O) groups excluding carboxylic acids is 1. The molecule has 0 aliphatic carbocycles. The number of thiocarbonyl (C=S) groups is 1. The van der Waals surface area contributed by atoms with E-state index in [-0.39, 0.29) is 12.0 Å². The Hall–Kier alpha value is -1.66. The Morgan fingerprint density at radius 2 is 2.35 bits per heavy atom. The van der Waals surface area contributed by atoms with Crippen molar-refractivity contribution in [2.45, 2.75) is 38.8 Å². The van der Waals surface area contributed by atoms with Crippen LogP contribution in [0, 0.1) is 0 Å². The molecule has 3 rings (SSSR count). The molecule has 0 radical (unpaired) electrons. The average Bonchev–Trinajstić information content (AvgIpc) is 3.05. The molecule has 0 spiro atoms. The van der Waals surface area contributed by atoms with Crippen molar-refractivity contribution in [1.82, 2.24) is 10.2 Å². The summed E-state index contributed by atoms with van der Waals surface area (Å²) >= 11 is 5.53. The lowest BCUT2D eigenvalue weighted by Crippen LogP contribution is -2.44. The average molecular weight is 333 g/mol. The van der Waals surface area contributed by atoms with Gasteiger partial charge in [-0.2, -0.15) is 0 Å². The molecule has 2 heterocycles. The van der Waals surface area contributed by atoms with Crippen LogP contribution < -0.4 is 10.6 Å². The molecule has 1 amide bonds. The van der Waals surface area contributed by atoms with E-state index in [1.165, 1.54) is 11.1 Å². The summed E-state index contributed by atoms with van der Waals surface area (Å²) in [6, 6.07) is 6.05. The highest BCUT2D eigenvalue weighted by Crippen LogP contribution is 2.26. The Morgan fingerprint density at radius 3 is 3.09 bits per heavy atom. The maximum absolute atomic E-state index is 11.3.